The molecule has 0 unspecified atom stereocenters. The van der Waals surface area contributed by atoms with E-state index in [9.17, 15) is 4.79 Å². The molecule has 1 aliphatic rings. The summed E-state index contributed by atoms with van der Waals surface area (Å²) >= 11 is 0. The summed E-state index contributed by atoms with van der Waals surface area (Å²) in [6.45, 7) is 1.60. The van der Waals surface area contributed by atoms with Crippen molar-refractivity contribution < 1.29 is 18.4 Å². The van der Waals surface area contributed by atoms with Gasteiger partial charge in [-0.3, -0.25) is 4.79 Å². The number of aromatic nitrogens is 1. The Morgan fingerprint density at radius 3 is 2.57 bits per heavy atom. The van der Waals surface area contributed by atoms with E-state index < -0.39 is 0 Å². The van der Waals surface area contributed by atoms with E-state index in [1.807, 2.05) is 54.6 Å². The quantitative estimate of drug-likeness (QED) is 0.487. The summed E-state index contributed by atoms with van der Waals surface area (Å²) in [5, 5.41) is 1.01. The van der Waals surface area contributed by atoms with Crippen LogP contribution in [0.5, 0.6) is 0 Å². The van der Waals surface area contributed by atoms with Crippen molar-refractivity contribution in [2.24, 2.45) is 5.92 Å². The van der Waals surface area contributed by atoms with Gasteiger partial charge in [0.2, 0.25) is 0 Å². The summed E-state index contributed by atoms with van der Waals surface area (Å²) in [5.74, 6) is 0.390. The SMILES string of the molecule is O=C(OCc1cc2ccccc2o1)C1CCN(c2nc3ccccc3o2)CC1. The molecule has 2 aromatic carbocycles. The number of esters is 1. The van der Waals surface area contributed by atoms with E-state index in [0.29, 0.717) is 11.8 Å². The van der Waals surface area contributed by atoms with Gasteiger partial charge < -0.3 is 18.5 Å². The number of rotatable bonds is 4. The lowest BCUT2D eigenvalue weighted by Gasteiger charge is -2.29. The molecule has 2 aromatic heterocycles. The molecule has 4 aromatic rings. The van der Waals surface area contributed by atoms with Crippen molar-refractivity contribution in [2.45, 2.75) is 19.4 Å². The maximum atomic E-state index is 12.4. The molecule has 1 aliphatic heterocycles. The molecule has 0 amide bonds. The fourth-order valence-corrected chi connectivity index (χ4v) is 3.67. The summed E-state index contributed by atoms with van der Waals surface area (Å²) in [6.07, 6.45) is 1.44. The standard InChI is InChI=1S/C22H20N2O4/c25-21(26-14-17-13-16-5-1-3-7-19(16)27-17)15-9-11-24(12-10-15)22-23-18-6-2-4-8-20(18)28-22/h1-8,13,15H,9-12,14H2. The van der Waals surface area contributed by atoms with E-state index >= 15 is 0 Å². The van der Waals surface area contributed by atoms with Crippen molar-refractivity contribution in [3.8, 4) is 0 Å². The number of hydrogen-bond acceptors (Lipinski definition) is 6. The molecule has 1 saturated heterocycles. The van der Waals surface area contributed by atoms with E-state index in [4.69, 9.17) is 13.6 Å². The van der Waals surface area contributed by atoms with Crippen molar-refractivity contribution in [1.29, 1.82) is 0 Å². The molecule has 0 saturated carbocycles. The zero-order valence-electron chi connectivity index (χ0n) is 15.3. The number of fused-ring (bicyclic) bond motifs is 2. The molecule has 28 heavy (non-hydrogen) atoms. The van der Waals surface area contributed by atoms with Gasteiger partial charge in [-0.05, 0) is 37.1 Å². The predicted octanol–water partition coefficient (Wildman–Crippen LogP) is 4.53. The highest BCUT2D eigenvalue weighted by molar-refractivity contribution is 5.78. The fourth-order valence-electron chi connectivity index (χ4n) is 3.67. The largest absolute Gasteiger partial charge is 0.457 e. The summed E-state index contributed by atoms with van der Waals surface area (Å²) in [6, 6.07) is 18.0. The minimum atomic E-state index is -0.169. The number of hydrogen-bond donors (Lipinski definition) is 0. The molecule has 5 rings (SSSR count). The van der Waals surface area contributed by atoms with Crippen LogP contribution in [0.4, 0.5) is 6.01 Å². The van der Waals surface area contributed by atoms with E-state index in [-0.39, 0.29) is 18.5 Å². The lowest BCUT2D eigenvalue weighted by molar-refractivity contribution is -0.151. The zero-order chi connectivity index (χ0) is 18.9. The molecule has 0 spiro atoms. The van der Waals surface area contributed by atoms with E-state index in [1.165, 1.54) is 0 Å². The van der Waals surface area contributed by atoms with Gasteiger partial charge in [-0.2, -0.15) is 4.98 Å². The number of anilines is 1. The highest BCUT2D eigenvalue weighted by atomic mass is 16.5. The van der Waals surface area contributed by atoms with Crippen molar-refractivity contribution in [3.63, 3.8) is 0 Å². The molecule has 1 fully saturated rings. The smallest absolute Gasteiger partial charge is 0.309 e. The second kappa shape index (κ2) is 7.03. The Morgan fingerprint density at radius 1 is 1.04 bits per heavy atom. The first-order chi connectivity index (χ1) is 13.8. The van der Waals surface area contributed by atoms with Gasteiger partial charge in [0, 0.05) is 18.5 Å². The first-order valence-electron chi connectivity index (χ1n) is 9.51. The number of nitrogens with zero attached hydrogens (tertiary/aromatic N) is 2. The Bertz CT molecular complexity index is 1060. The van der Waals surface area contributed by atoms with Crippen molar-refractivity contribution in [3.05, 3.63) is 60.4 Å². The average molecular weight is 376 g/mol. The highest BCUT2D eigenvalue weighted by Crippen LogP contribution is 2.27. The van der Waals surface area contributed by atoms with Crippen molar-refractivity contribution >= 4 is 34.1 Å². The number of piperidine rings is 1. The van der Waals surface area contributed by atoms with Gasteiger partial charge in [0.25, 0.3) is 6.01 Å². The van der Waals surface area contributed by atoms with Gasteiger partial charge in [-0.1, -0.05) is 30.3 Å². The third-order valence-corrected chi connectivity index (χ3v) is 5.21. The van der Waals surface area contributed by atoms with Crippen LogP contribution in [0.15, 0.2) is 63.4 Å². The van der Waals surface area contributed by atoms with Crippen LogP contribution in [-0.4, -0.2) is 24.0 Å². The van der Waals surface area contributed by atoms with Gasteiger partial charge >= 0.3 is 5.97 Å². The second-order valence-electron chi connectivity index (χ2n) is 7.08. The molecule has 0 aliphatic carbocycles. The highest BCUT2D eigenvalue weighted by Gasteiger charge is 2.28. The van der Waals surface area contributed by atoms with Crippen LogP contribution in [0.2, 0.25) is 0 Å². The van der Waals surface area contributed by atoms with Crippen molar-refractivity contribution in [2.75, 3.05) is 18.0 Å². The third-order valence-electron chi connectivity index (χ3n) is 5.21. The molecule has 6 heteroatoms. The van der Waals surface area contributed by atoms with Crippen LogP contribution < -0.4 is 4.90 Å². The molecule has 6 nitrogen and oxygen atoms in total. The minimum absolute atomic E-state index is 0.106. The Kier molecular flexibility index (Phi) is 4.24. The summed E-state index contributed by atoms with van der Waals surface area (Å²) < 4.78 is 17.0. The zero-order valence-corrected chi connectivity index (χ0v) is 15.3. The molecule has 0 N–H and O–H groups in total. The lowest BCUT2D eigenvalue weighted by Crippen LogP contribution is -2.37. The van der Waals surface area contributed by atoms with Crippen LogP contribution in [0.25, 0.3) is 22.1 Å². The molecular formula is C22H20N2O4. The average Bonchev–Trinajstić information content (AvgIpc) is 3.35. The predicted molar refractivity (Wildman–Crippen MR) is 105 cm³/mol. The van der Waals surface area contributed by atoms with Crippen LogP contribution in [-0.2, 0) is 16.1 Å². The Labute approximate surface area is 161 Å². The van der Waals surface area contributed by atoms with Crippen LogP contribution in [0, 0.1) is 5.92 Å². The number of furan rings is 1. The topological polar surface area (TPSA) is 68.7 Å². The number of carbonyl (C=O) groups excluding carboxylic acids is 1. The number of benzene rings is 2. The first kappa shape index (κ1) is 16.9. The molecule has 0 atom stereocenters. The number of carbonyl (C=O) groups is 1. The van der Waals surface area contributed by atoms with E-state index in [2.05, 4.69) is 9.88 Å². The molecule has 0 bridgehead atoms. The molecule has 3 heterocycles. The lowest BCUT2D eigenvalue weighted by atomic mass is 9.97. The van der Waals surface area contributed by atoms with Gasteiger partial charge in [-0.15, -0.1) is 0 Å². The van der Waals surface area contributed by atoms with Crippen LogP contribution in [0.3, 0.4) is 0 Å². The van der Waals surface area contributed by atoms with Gasteiger partial charge in [0.05, 0.1) is 5.92 Å². The van der Waals surface area contributed by atoms with Crippen molar-refractivity contribution in [1.82, 2.24) is 4.98 Å². The summed E-state index contributed by atoms with van der Waals surface area (Å²) in [5.41, 5.74) is 2.44. The van der Waals surface area contributed by atoms with Crippen LogP contribution >= 0.6 is 0 Å². The molecule has 0 radical (unpaired) electrons. The van der Waals surface area contributed by atoms with Gasteiger partial charge in [-0.25, -0.2) is 0 Å². The number of ether oxygens (including phenoxy) is 1. The maximum absolute atomic E-state index is 12.4. The summed E-state index contributed by atoms with van der Waals surface area (Å²) in [4.78, 5) is 19.1. The number of oxazole rings is 1. The second-order valence-corrected chi connectivity index (χ2v) is 7.08. The summed E-state index contributed by atoms with van der Waals surface area (Å²) in [7, 11) is 0. The third kappa shape index (κ3) is 3.22. The number of para-hydroxylation sites is 3. The van der Waals surface area contributed by atoms with E-state index in [1.54, 1.807) is 0 Å². The molecular weight excluding hydrogens is 356 g/mol. The normalized spacial score (nSPS) is 15.4. The van der Waals surface area contributed by atoms with E-state index in [0.717, 1.165) is 48.0 Å². The van der Waals surface area contributed by atoms with Gasteiger partial charge in [0.15, 0.2) is 5.58 Å². The minimum Gasteiger partial charge on any atom is -0.457 e. The Balaban J connectivity index is 1.17. The Hall–Kier alpha value is -3.28. The first-order valence-corrected chi connectivity index (χ1v) is 9.51. The van der Waals surface area contributed by atoms with Gasteiger partial charge in [0.1, 0.15) is 23.5 Å². The Morgan fingerprint density at radius 2 is 1.79 bits per heavy atom. The monoisotopic (exact) mass is 376 g/mol. The molecule has 142 valence electrons. The maximum Gasteiger partial charge on any atom is 0.309 e. The fraction of sp³-hybridized carbons (Fsp3) is 0.273. The van der Waals surface area contributed by atoms with Crippen LogP contribution in [0.1, 0.15) is 18.6 Å².